The molecule has 0 saturated carbocycles. The third-order valence-corrected chi connectivity index (χ3v) is 2.90. The maximum Gasteiger partial charge on any atom is 0.258 e. The predicted molar refractivity (Wildman–Crippen MR) is 83.5 cm³/mol. The van der Waals surface area contributed by atoms with E-state index in [2.05, 4.69) is 30.5 Å². The van der Waals surface area contributed by atoms with Gasteiger partial charge in [-0.1, -0.05) is 31.5 Å². The highest BCUT2D eigenvalue weighted by Gasteiger charge is 2.07. The number of benzene rings is 1. The van der Waals surface area contributed by atoms with Crippen LogP contribution in [0.2, 0.25) is 0 Å². The zero-order valence-corrected chi connectivity index (χ0v) is 13.4. The fourth-order valence-corrected chi connectivity index (χ4v) is 1.79. The summed E-state index contributed by atoms with van der Waals surface area (Å²) in [6.45, 7) is 7.97. The van der Waals surface area contributed by atoms with Crippen molar-refractivity contribution in [1.29, 1.82) is 0 Å². The van der Waals surface area contributed by atoms with E-state index in [0.717, 1.165) is 17.9 Å². The number of rotatable bonds is 9. The normalized spacial score (nSPS) is 10.7. The third-order valence-electron chi connectivity index (χ3n) is 2.90. The molecule has 0 radical (unpaired) electrons. The highest BCUT2D eigenvalue weighted by Crippen LogP contribution is 2.20. The second-order valence-corrected chi connectivity index (χ2v) is 5.28. The summed E-state index contributed by atoms with van der Waals surface area (Å²) in [5, 5.41) is 6.09. The lowest BCUT2D eigenvalue weighted by atomic mass is 10.1. The average Bonchev–Trinajstić information content (AvgIpc) is 2.44. The molecule has 0 spiro atoms. The Labute approximate surface area is 127 Å². The lowest BCUT2D eigenvalue weighted by Gasteiger charge is -2.14. The van der Waals surface area contributed by atoms with Crippen LogP contribution < -0.4 is 15.4 Å². The van der Waals surface area contributed by atoms with E-state index in [1.165, 1.54) is 5.56 Å². The molecule has 0 heterocycles. The molecular formula is C16H26N2O3. The van der Waals surface area contributed by atoms with Crippen LogP contribution in [0.1, 0.15) is 25.0 Å². The van der Waals surface area contributed by atoms with E-state index in [1.807, 2.05) is 19.1 Å². The smallest absolute Gasteiger partial charge is 0.258 e. The molecule has 0 unspecified atom stereocenters. The summed E-state index contributed by atoms with van der Waals surface area (Å²) in [7, 11) is 1.60. The van der Waals surface area contributed by atoms with Gasteiger partial charge in [0, 0.05) is 31.8 Å². The third kappa shape index (κ3) is 7.11. The van der Waals surface area contributed by atoms with E-state index in [0.29, 0.717) is 19.2 Å². The summed E-state index contributed by atoms with van der Waals surface area (Å²) < 4.78 is 10.5. The summed E-state index contributed by atoms with van der Waals surface area (Å²) >= 11 is 0. The SMILES string of the molecule is COCCNC(=O)COc1ccc(C)cc1CNC(C)C. The van der Waals surface area contributed by atoms with Crippen molar-refractivity contribution in [2.45, 2.75) is 33.4 Å². The van der Waals surface area contributed by atoms with E-state index < -0.39 is 0 Å². The Morgan fingerprint density at radius 3 is 2.76 bits per heavy atom. The molecule has 0 aliphatic heterocycles. The van der Waals surface area contributed by atoms with Crippen molar-refractivity contribution in [2.75, 3.05) is 26.9 Å². The molecule has 1 aromatic rings. The van der Waals surface area contributed by atoms with Crippen molar-refractivity contribution in [3.63, 3.8) is 0 Å². The van der Waals surface area contributed by atoms with E-state index in [-0.39, 0.29) is 12.5 Å². The van der Waals surface area contributed by atoms with Crippen molar-refractivity contribution >= 4 is 5.91 Å². The molecule has 5 nitrogen and oxygen atoms in total. The van der Waals surface area contributed by atoms with Gasteiger partial charge in [-0.05, 0) is 13.0 Å². The minimum absolute atomic E-state index is 0.0153. The minimum Gasteiger partial charge on any atom is -0.483 e. The Balaban J connectivity index is 2.55. The Hall–Kier alpha value is -1.59. The first-order valence-corrected chi connectivity index (χ1v) is 7.24. The van der Waals surface area contributed by atoms with Crippen molar-refractivity contribution < 1.29 is 14.3 Å². The average molecular weight is 294 g/mol. The maximum absolute atomic E-state index is 11.6. The molecule has 5 heteroatoms. The minimum atomic E-state index is -0.143. The van der Waals surface area contributed by atoms with Gasteiger partial charge in [-0.3, -0.25) is 4.79 Å². The number of aryl methyl sites for hydroxylation is 1. The first-order chi connectivity index (χ1) is 10.0. The molecule has 21 heavy (non-hydrogen) atoms. The fraction of sp³-hybridized carbons (Fsp3) is 0.562. The van der Waals surface area contributed by atoms with E-state index >= 15 is 0 Å². The Kier molecular flexibility index (Phi) is 7.79. The Morgan fingerprint density at radius 1 is 1.33 bits per heavy atom. The van der Waals surface area contributed by atoms with Crippen molar-refractivity contribution in [1.82, 2.24) is 10.6 Å². The molecule has 2 N–H and O–H groups in total. The summed E-state index contributed by atoms with van der Waals surface area (Å²) in [4.78, 5) is 11.6. The number of carbonyl (C=O) groups is 1. The van der Waals surface area contributed by atoms with E-state index in [9.17, 15) is 4.79 Å². The van der Waals surface area contributed by atoms with E-state index in [1.54, 1.807) is 7.11 Å². The van der Waals surface area contributed by atoms with Crippen molar-refractivity contribution in [3.8, 4) is 5.75 Å². The van der Waals surface area contributed by atoms with Gasteiger partial charge in [-0.2, -0.15) is 0 Å². The number of ether oxygens (including phenoxy) is 2. The largest absolute Gasteiger partial charge is 0.483 e. The number of hydrogen-bond acceptors (Lipinski definition) is 4. The van der Waals surface area contributed by atoms with Crippen LogP contribution in [0.25, 0.3) is 0 Å². The van der Waals surface area contributed by atoms with Gasteiger partial charge in [-0.15, -0.1) is 0 Å². The van der Waals surface area contributed by atoms with Gasteiger partial charge in [0.05, 0.1) is 6.61 Å². The van der Waals surface area contributed by atoms with Gasteiger partial charge < -0.3 is 20.1 Å². The van der Waals surface area contributed by atoms with Gasteiger partial charge in [0.25, 0.3) is 5.91 Å². The predicted octanol–water partition coefficient (Wildman–Crippen LogP) is 1.63. The van der Waals surface area contributed by atoms with Crippen LogP contribution in [-0.4, -0.2) is 38.8 Å². The van der Waals surface area contributed by atoms with Crippen LogP contribution in [0.15, 0.2) is 18.2 Å². The second-order valence-electron chi connectivity index (χ2n) is 5.28. The zero-order chi connectivity index (χ0) is 15.7. The Bertz CT molecular complexity index is 447. The summed E-state index contributed by atoms with van der Waals surface area (Å²) in [6, 6.07) is 6.37. The monoisotopic (exact) mass is 294 g/mol. The van der Waals surface area contributed by atoms with Crippen LogP contribution in [0, 0.1) is 6.92 Å². The van der Waals surface area contributed by atoms with Gasteiger partial charge in [-0.25, -0.2) is 0 Å². The molecule has 1 amide bonds. The van der Waals surface area contributed by atoms with Crippen LogP contribution in [-0.2, 0) is 16.1 Å². The topological polar surface area (TPSA) is 59.6 Å². The lowest BCUT2D eigenvalue weighted by Crippen LogP contribution is -2.31. The van der Waals surface area contributed by atoms with Crippen LogP contribution >= 0.6 is 0 Å². The molecule has 0 fully saturated rings. The van der Waals surface area contributed by atoms with Gasteiger partial charge in [0.2, 0.25) is 0 Å². The zero-order valence-electron chi connectivity index (χ0n) is 13.4. The molecule has 0 aliphatic carbocycles. The molecule has 1 rings (SSSR count). The molecule has 0 saturated heterocycles. The van der Waals surface area contributed by atoms with Crippen molar-refractivity contribution in [2.24, 2.45) is 0 Å². The summed E-state index contributed by atoms with van der Waals surface area (Å²) in [6.07, 6.45) is 0. The van der Waals surface area contributed by atoms with E-state index in [4.69, 9.17) is 9.47 Å². The van der Waals surface area contributed by atoms with Crippen LogP contribution in [0.4, 0.5) is 0 Å². The standard InChI is InChI=1S/C16H26N2O3/c1-12(2)18-10-14-9-13(3)5-6-15(14)21-11-16(19)17-7-8-20-4/h5-6,9,12,18H,7-8,10-11H2,1-4H3,(H,17,19). The molecular weight excluding hydrogens is 268 g/mol. The molecule has 0 aliphatic rings. The molecule has 1 aromatic carbocycles. The van der Waals surface area contributed by atoms with Gasteiger partial charge in [0.1, 0.15) is 5.75 Å². The highest BCUT2D eigenvalue weighted by molar-refractivity contribution is 5.77. The number of hydrogen-bond donors (Lipinski definition) is 2. The highest BCUT2D eigenvalue weighted by atomic mass is 16.5. The number of carbonyl (C=O) groups excluding carboxylic acids is 1. The number of amides is 1. The lowest BCUT2D eigenvalue weighted by molar-refractivity contribution is -0.123. The quantitative estimate of drug-likeness (QED) is 0.680. The first kappa shape index (κ1) is 17.5. The first-order valence-electron chi connectivity index (χ1n) is 7.24. The Morgan fingerprint density at radius 2 is 2.10 bits per heavy atom. The molecule has 0 atom stereocenters. The molecule has 0 bridgehead atoms. The van der Waals surface area contributed by atoms with Crippen molar-refractivity contribution in [3.05, 3.63) is 29.3 Å². The van der Waals surface area contributed by atoms with Gasteiger partial charge in [0.15, 0.2) is 6.61 Å². The number of methoxy groups -OCH3 is 1. The number of nitrogens with one attached hydrogen (secondary N) is 2. The maximum atomic E-state index is 11.6. The summed E-state index contributed by atoms with van der Waals surface area (Å²) in [5.74, 6) is 0.603. The van der Waals surface area contributed by atoms with Gasteiger partial charge >= 0.3 is 0 Å². The van der Waals surface area contributed by atoms with Crippen LogP contribution in [0.3, 0.4) is 0 Å². The molecule has 0 aromatic heterocycles. The van der Waals surface area contributed by atoms with Crippen LogP contribution in [0.5, 0.6) is 5.75 Å². The summed E-state index contributed by atoms with van der Waals surface area (Å²) in [5.41, 5.74) is 2.24. The molecule has 118 valence electrons. The second kappa shape index (κ2) is 9.37. The fourth-order valence-electron chi connectivity index (χ4n) is 1.79.